The lowest BCUT2D eigenvalue weighted by molar-refractivity contribution is -0.139. The van der Waals surface area contributed by atoms with E-state index >= 15 is 0 Å². The fraction of sp³-hybridized carbons (Fsp3) is 0.857. The number of carboxylic acids is 1. The van der Waals surface area contributed by atoms with E-state index in [9.17, 15) is 9.59 Å². The first-order chi connectivity index (χ1) is 9.38. The van der Waals surface area contributed by atoms with Gasteiger partial charge >= 0.3 is 12.0 Å². The Morgan fingerprint density at radius 2 is 2.00 bits per heavy atom. The molecule has 20 heavy (non-hydrogen) atoms. The molecule has 116 valence electrons. The van der Waals surface area contributed by atoms with Gasteiger partial charge in [0, 0.05) is 20.3 Å². The zero-order chi connectivity index (χ0) is 15.2. The van der Waals surface area contributed by atoms with E-state index < -0.39 is 18.0 Å². The van der Waals surface area contributed by atoms with Crippen molar-refractivity contribution in [2.24, 2.45) is 11.3 Å². The van der Waals surface area contributed by atoms with Crippen LogP contribution in [0.4, 0.5) is 4.79 Å². The van der Waals surface area contributed by atoms with Crippen molar-refractivity contribution in [1.29, 1.82) is 0 Å². The summed E-state index contributed by atoms with van der Waals surface area (Å²) in [4.78, 5) is 22.8. The maximum absolute atomic E-state index is 11.8. The minimum absolute atomic E-state index is 0.157. The lowest BCUT2D eigenvalue weighted by Crippen LogP contribution is -2.47. The van der Waals surface area contributed by atoms with Crippen LogP contribution in [0.1, 0.15) is 39.5 Å². The van der Waals surface area contributed by atoms with E-state index in [2.05, 4.69) is 10.6 Å². The fourth-order valence-corrected chi connectivity index (χ4v) is 2.18. The minimum Gasteiger partial charge on any atom is -0.480 e. The standard InChI is InChI=1S/C14H26N2O4/c1-10(2)8-11(12(17)18)16-13(19)15-9-14(4-5-14)6-7-20-3/h10-11H,4-9H2,1-3H3,(H,17,18)(H2,15,16,19). The van der Waals surface area contributed by atoms with Crippen molar-refractivity contribution in [3.63, 3.8) is 0 Å². The Balaban J connectivity index is 2.33. The number of methoxy groups -OCH3 is 1. The van der Waals surface area contributed by atoms with Gasteiger partial charge < -0.3 is 20.5 Å². The van der Waals surface area contributed by atoms with E-state index in [1.807, 2.05) is 13.8 Å². The third-order valence-corrected chi connectivity index (χ3v) is 3.73. The lowest BCUT2D eigenvalue weighted by Gasteiger charge is -2.19. The van der Waals surface area contributed by atoms with Gasteiger partial charge in [-0.1, -0.05) is 13.8 Å². The summed E-state index contributed by atoms with van der Waals surface area (Å²) in [7, 11) is 1.67. The largest absolute Gasteiger partial charge is 0.480 e. The smallest absolute Gasteiger partial charge is 0.326 e. The van der Waals surface area contributed by atoms with Crippen LogP contribution in [0.2, 0.25) is 0 Å². The zero-order valence-electron chi connectivity index (χ0n) is 12.6. The molecular weight excluding hydrogens is 260 g/mol. The molecule has 1 unspecified atom stereocenters. The zero-order valence-corrected chi connectivity index (χ0v) is 12.6. The molecule has 0 aromatic carbocycles. The van der Waals surface area contributed by atoms with Gasteiger partial charge in [0.2, 0.25) is 0 Å². The highest BCUT2D eigenvalue weighted by Crippen LogP contribution is 2.48. The summed E-state index contributed by atoms with van der Waals surface area (Å²) in [6, 6.07) is -1.23. The molecule has 0 radical (unpaired) electrons. The van der Waals surface area contributed by atoms with Gasteiger partial charge in [-0.3, -0.25) is 0 Å². The van der Waals surface area contributed by atoms with Gasteiger partial charge in [-0.05, 0) is 37.0 Å². The number of urea groups is 1. The molecule has 0 saturated heterocycles. The SMILES string of the molecule is COCCC1(CNC(=O)NC(CC(C)C)C(=O)O)CC1. The maximum Gasteiger partial charge on any atom is 0.326 e. The first kappa shape index (κ1) is 16.8. The van der Waals surface area contributed by atoms with Crippen LogP contribution in [-0.4, -0.2) is 43.4 Å². The quantitative estimate of drug-likeness (QED) is 0.601. The molecule has 6 heteroatoms. The van der Waals surface area contributed by atoms with Crippen molar-refractivity contribution in [3.8, 4) is 0 Å². The molecule has 1 rings (SSSR count). The highest BCUT2D eigenvalue weighted by Gasteiger charge is 2.42. The molecule has 0 aromatic rings. The number of carbonyl (C=O) groups excluding carboxylic acids is 1. The van der Waals surface area contributed by atoms with E-state index in [0.29, 0.717) is 19.6 Å². The molecule has 0 bridgehead atoms. The summed E-state index contributed by atoms with van der Waals surface area (Å²) in [5.74, 6) is -0.776. The molecule has 3 N–H and O–H groups in total. The van der Waals surface area contributed by atoms with Crippen LogP contribution >= 0.6 is 0 Å². The molecule has 1 atom stereocenters. The number of aliphatic carboxylic acids is 1. The summed E-state index contributed by atoms with van der Waals surface area (Å²) in [5.41, 5.74) is 0.157. The topological polar surface area (TPSA) is 87.7 Å². The van der Waals surface area contributed by atoms with Crippen LogP contribution in [0.25, 0.3) is 0 Å². The summed E-state index contributed by atoms with van der Waals surface area (Å²) < 4.78 is 5.06. The molecule has 0 heterocycles. The molecule has 0 spiro atoms. The summed E-state index contributed by atoms with van der Waals surface area (Å²) in [5, 5.41) is 14.4. The first-order valence-electron chi connectivity index (χ1n) is 7.15. The van der Waals surface area contributed by atoms with Crippen molar-refractivity contribution in [3.05, 3.63) is 0 Å². The number of carbonyl (C=O) groups is 2. The van der Waals surface area contributed by atoms with Crippen molar-refractivity contribution in [1.82, 2.24) is 10.6 Å². The van der Waals surface area contributed by atoms with Crippen molar-refractivity contribution >= 4 is 12.0 Å². The van der Waals surface area contributed by atoms with E-state index in [0.717, 1.165) is 19.3 Å². The average molecular weight is 286 g/mol. The molecule has 1 aliphatic rings. The normalized spacial score (nSPS) is 17.6. The van der Waals surface area contributed by atoms with Crippen LogP contribution in [0.3, 0.4) is 0 Å². The second-order valence-corrected chi connectivity index (χ2v) is 6.09. The van der Waals surface area contributed by atoms with E-state index in [4.69, 9.17) is 9.84 Å². The van der Waals surface area contributed by atoms with E-state index in [-0.39, 0.29) is 11.3 Å². The Morgan fingerprint density at radius 1 is 1.35 bits per heavy atom. The molecule has 1 saturated carbocycles. The van der Waals surface area contributed by atoms with Crippen LogP contribution in [0, 0.1) is 11.3 Å². The molecule has 2 amide bonds. The molecule has 0 aromatic heterocycles. The van der Waals surface area contributed by atoms with Crippen LogP contribution < -0.4 is 10.6 Å². The van der Waals surface area contributed by atoms with Crippen molar-refractivity contribution < 1.29 is 19.4 Å². The van der Waals surface area contributed by atoms with Gasteiger partial charge in [-0.15, -0.1) is 0 Å². The molecular formula is C14H26N2O4. The van der Waals surface area contributed by atoms with Crippen LogP contribution in [0.5, 0.6) is 0 Å². The Kier molecular flexibility index (Phi) is 6.26. The third-order valence-electron chi connectivity index (χ3n) is 3.73. The summed E-state index contributed by atoms with van der Waals surface area (Å²) >= 11 is 0. The second-order valence-electron chi connectivity index (χ2n) is 6.09. The molecule has 1 fully saturated rings. The number of hydrogen-bond acceptors (Lipinski definition) is 3. The number of amides is 2. The highest BCUT2D eigenvalue weighted by molar-refractivity contribution is 5.82. The molecule has 6 nitrogen and oxygen atoms in total. The van der Waals surface area contributed by atoms with E-state index in [1.165, 1.54) is 0 Å². The van der Waals surface area contributed by atoms with Gasteiger partial charge in [0.1, 0.15) is 6.04 Å². The monoisotopic (exact) mass is 286 g/mol. The van der Waals surface area contributed by atoms with Crippen LogP contribution in [0.15, 0.2) is 0 Å². The predicted molar refractivity (Wildman–Crippen MR) is 75.6 cm³/mol. The average Bonchev–Trinajstić information content (AvgIpc) is 3.13. The second kappa shape index (κ2) is 7.47. The Hall–Kier alpha value is -1.30. The number of ether oxygens (including phenoxy) is 1. The van der Waals surface area contributed by atoms with E-state index in [1.54, 1.807) is 7.11 Å². The fourth-order valence-electron chi connectivity index (χ4n) is 2.18. The Morgan fingerprint density at radius 3 is 2.45 bits per heavy atom. The molecule has 1 aliphatic carbocycles. The van der Waals surface area contributed by atoms with Crippen molar-refractivity contribution in [2.75, 3.05) is 20.3 Å². The number of nitrogens with one attached hydrogen (secondary N) is 2. The van der Waals surface area contributed by atoms with Gasteiger partial charge in [0.15, 0.2) is 0 Å². The number of carboxylic acid groups (broad SMARTS) is 1. The predicted octanol–water partition coefficient (Wildman–Crippen LogP) is 1.60. The van der Waals surface area contributed by atoms with Gasteiger partial charge in [-0.2, -0.15) is 0 Å². The van der Waals surface area contributed by atoms with Crippen molar-refractivity contribution in [2.45, 2.75) is 45.6 Å². The van der Waals surface area contributed by atoms with Gasteiger partial charge in [-0.25, -0.2) is 9.59 Å². The lowest BCUT2D eigenvalue weighted by atomic mass is 10.0. The Labute approximate surface area is 120 Å². The molecule has 0 aliphatic heterocycles. The minimum atomic E-state index is -0.991. The first-order valence-corrected chi connectivity index (χ1v) is 7.15. The van der Waals surface area contributed by atoms with Gasteiger partial charge in [0.05, 0.1) is 0 Å². The Bertz CT molecular complexity index is 340. The summed E-state index contributed by atoms with van der Waals surface area (Å²) in [6.07, 6.45) is 3.53. The highest BCUT2D eigenvalue weighted by atomic mass is 16.5. The number of rotatable bonds is 9. The summed E-state index contributed by atoms with van der Waals surface area (Å²) in [6.45, 7) is 5.13. The van der Waals surface area contributed by atoms with Crippen LogP contribution in [-0.2, 0) is 9.53 Å². The maximum atomic E-state index is 11.8. The number of hydrogen-bond donors (Lipinski definition) is 3. The third kappa shape index (κ3) is 5.77. The van der Waals surface area contributed by atoms with Gasteiger partial charge in [0.25, 0.3) is 0 Å².